The Morgan fingerprint density at radius 1 is 0.583 bits per heavy atom. The highest BCUT2D eigenvalue weighted by Crippen LogP contribution is 2.53. The van der Waals surface area contributed by atoms with Crippen LogP contribution < -0.4 is 4.90 Å². The van der Waals surface area contributed by atoms with Gasteiger partial charge in [0, 0.05) is 49.5 Å². The van der Waals surface area contributed by atoms with E-state index in [0.717, 1.165) is 34.6 Å². The number of hydrogen-bond acceptors (Lipinski definition) is 2. The van der Waals surface area contributed by atoms with Crippen LogP contribution in [0.4, 0.5) is 17.1 Å². The van der Waals surface area contributed by atoms with Gasteiger partial charge in [0.25, 0.3) is 0 Å². The Morgan fingerprint density at radius 3 is 1.98 bits per heavy atom. The monoisotopic (exact) mass is 618 g/mol. The van der Waals surface area contributed by atoms with Crippen LogP contribution in [0.15, 0.2) is 156 Å². The summed E-state index contributed by atoms with van der Waals surface area (Å²) in [6.45, 7) is 4.73. The van der Waals surface area contributed by atoms with Crippen molar-refractivity contribution in [1.82, 2.24) is 4.57 Å². The van der Waals surface area contributed by atoms with Crippen LogP contribution in [0.25, 0.3) is 54.9 Å². The predicted molar refractivity (Wildman–Crippen MR) is 201 cm³/mol. The van der Waals surface area contributed by atoms with Crippen molar-refractivity contribution in [2.45, 2.75) is 31.7 Å². The van der Waals surface area contributed by atoms with Crippen molar-refractivity contribution in [3.63, 3.8) is 0 Å². The van der Waals surface area contributed by atoms with Crippen molar-refractivity contribution in [3.05, 3.63) is 163 Å². The molecule has 230 valence electrons. The number of furan rings is 1. The summed E-state index contributed by atoms with van der Waals surface area (Å²) in [5.74, 6) is 0. The van der Waals surface area contributed by atoms with Crippen LogP contribution in [0.1, 0.15) is 37.4 Å². The standard InChI is InChI=1S/C45H34N2O/c1-45(2)39-27-42-37(25-34(39)35-26-38-33-20-12-13-21-43(33)48-44(38)28-40(35)45)36-24-32(22-23-41(36)47(42)31-18-10-5-11-19-31)46(29-14-6-3-7-15-29)30-16-8-4-9-17-30/h3-18,20-28,31H,19H2,1-2H3. The van der Waals surface area contributed by atoms with E-state index < -0.39 is 0 Å². The number of benzene rings is 6. The predicted octanol–water partition coefficient (Wildman–Crippen LogP) is 12.5. The molecule has 0 bridgehead atoms. The lowest BCUT2D eigenvalue weighted by atomic mass is 9.82. The SMILES string of the molecule is CC1(C)c2cc3oc4ccccc4c3cc2-c2cc3c4cc(N(c5ccccc5)c5ccccc5)ccc4n(C4C=CC=CC4)c3cc21. The number of aromatic nitrogens is 1. The van der Waals surface area contributed by atoms with Gasteiger partial charge in [0.2, 0.25) is 0 Å². The molecular weight excluding hydrogens is 585 g/mol. The Balaban J connectivity index is 1.26. The molecule has 3 heteroatoms. The van der Waals surface area contributed by atoms with E-state index in [-0.39, 0.29) is 11.5 Å². The van der Waals surface area contributed by atoms with E-state index in [1.807, 2.05) is 6.07 Å². The molecule has 8 aromatic rings. The summed E-state index contributed by atoms with van der Waals surface area (Å²) in [6, 6.07) is 46.6. The highest BCUT2D eigenvalue weighted by Gasteiger charge is 2.37. The first kappa shape index (κ1) is 27.3. The van der Waals surface area contributed by atoms with Crippen molar-refractivity contribution in [1.29, 1.82) is 0 Å². The zero-order valence-electron chi connectivity index (χ0n) is 27.0. The zero-order valence-corrected chi connectivity index (χ0v) is 27.0. The summed E-state index contributed by atoms with van der Waals surface area (Å²) in [4.78, 5) is 2.36. The van der Waals surface area contributed by atoms with Gasteiger partial charge in [-0.05, 0) is 101 Å². The van der Waals surface area contributed by atoms with E-state index in [4.69, 9.17) is 4.42 Å². The summed E-state index contributed by atoms with van der Waals surface area (Å²) in [5, 5.41) is 4.91. The summed E-state index contributed by atoms with van der Waals surface area (Å²) >= 11 is 0. The van der Waals surface area contributed by atoms with E-state index in [9.17, 15) is 0 Å². The highest BCUT2D eigenvalue weighted by molar-refractivity contribution is 6.13. The fourth-order valence-corrected chi connectivity index (χ4v) is 8.34. The first-order valence-electron chi connectivity index (χ1n) is 16.9. The van der Waals surface area contributed by atoms with Crippen molar-refractivity contribution in [2.75, 3.05) is 4.90 Å². The second kappa shape index (κ2) is 10.1. The number of anilines is 3. The number of para-hydroxylation sites is 3. The number of rotatable bonds is 4. The minimum atomic E-state index is -0.168. The first-order chi connectivity index (χ1) is 23.6. The van der Waals surface area contributed by atoms with Crippen LogP contribution in [0, 0.1) is 0 Å². The van der Waals surface area contributed by atoms with Crippen LogP contribution in [0.3, 0.4) is 0 Å². The van der Waals surface area contributed by atoms with Gasteiger partial charge in [0.15, 0.2) is 0 Å². The van der Waals surface area contributed by atoms with E-state index in [0.29, 0.717) is 0 Å². The fraction of sp³-hybridized carbons (Fsp3) is 0.111. The Bertz CT molecular complexity index is 2580. The van der Waals surface area contributed by atoms with Crippen LogP contribution in [-0.4, -0.2) is 4.57 Å². The molecule has 0 aliphatic heterocycles. The van der Waals surface area contributed by atoms with Crippen LogP contribution >= 0.6 is 0 Å². The molecule has 0 spiro atoms. The molecule has 3 nitrogen and oxygen atoms in total. The van der Waals surface area contributed by atoms with Crippen molar-refractivity contribution in [3.8, 4) is 11.1 Å². The molecule has 6 aromatic carbocycles. The third-order valence-electron chi connectivity index (χ3n) is 10.7. The zero-order chi connectivity index (χ0) is 32.0. The maximum absolute atomic E-state index is 6.37. The molecule has 0 radical (unpaired) electrons. The van der Waals surface area contributed by atoms with Gasteiger partial charge in [-0.1, -0.05) is 92.7 Å². The Hall–Kier alpha value is -5.80. The van der Waals surface area contributed by atoms with Crippen LogP contribution in [-0.2, 0) is 5.41 Å². The topological polar surface area (TPSA) is 21.3 Å². The second-order valence-electron chi connectivity index (χ2n) is 13.7. The lowest BCUT2D eigenvalue weighted by Gasteiger charge is -2.25. The molecule has 2 aliphatic carbocycles. The quantitative estimate of drug-likeness (QED) is 0.196. The molecule has 0 saturated carbocycles. The average molecular weight is 619 g/mol. The molecule has 2 aliphatic rings. The van der Waals surface area contributed by atoms with Gasteiger partial charge in [0.1, 0.15) is 11.2 Å². The van der Waals surface area contributed by atoms with E-state index in [1.165, 1.54) is 54.8 Å². The Morgan fingerprint density at radius 2 is 1.25 bits per heavy atom. The van der Waals surface area contributed by atoms with Crippen molar-refractivity contribution in [2.24, 2.45) is 0 Å². The Labute approximate surface area is 279 Å². The Kier molecular flexibility index (Phi) is 5.75. The average Bonchev–Trinajstić information content (AvgIpc) is 3.73. The molecule has 2 heterocycles. The molecule has 1 atom stereocenters. The van der Waals surface area contributed by atoms with Gasteiger partial charge in [0.05, 0.1) is 11.6 Å². The summed E-state index contributed by atoms with van der Waals surface area (Å²) in [7, 11) is 0. The van der Waals surface area contributed by atoms with Gasteiger partial charge >= 0.3 is 0 Å². The minimum Gasteiger partial charge on any atom is -0.456 e. The molecule has 0 amide bonds. The highest BCUT2D eigenvalue weighted by atomic mass is 16.3. The fourth-order valence-electron chi connectivity index (χ4n) is 8.34. The smallest absolute Gasteiger partial charge is 0.135 e. The van der Waals surface area contributed by atoms with Gasteiger partial charge in [-0.3, -0.25) is 0 Å². The van der Waals surface area contributed by atoms with Gasteiger partial charge in [-0.2, -0.15) is 0 Å². The minimum absolute atomic E-state index is 0.168. The molecule has 0 fully saturated rings. The molecule has 10 rings (SSSR count). The van der Waals surface area contributed by atoms with Crippen molar-refractivity contribution >= 4 is 60.8 Å². The van der Waals surface area contributed by atoms with E-state index >= 15 is 0 Å². The first-order valence-corrected chi connectivity index (χ1v) is 16.9. The van der Waals surface area contributed by atoms with E-state index in [2.05, 4.69) is 169 Å². The van der Waals surface area contributed by atoms with Gasteiger partial charge < -0.3 is 13.9 Å². The largest absolute Gasteiger partial charge is 0.456 e. The van der Waals surface area contributed by atoms with Crippen molar-refractivity contribution < 1.29 is 4.42 Å². The summed E-state index contributed by atoms with van der Waals surface area (Å²) in [6.07, 6.45) is 9.97. The molecule has 1 unspecified atom stereocenters. The van der Waals surface area contributed by atoms with Gasteiger partial charge in [-0.15, -0.1) is 0 Å². The maximum Gasteiger partial charge on any atom is 0.135 e. The summed E-state index contributed by atoms with van der Waals surface area (Å²) in [5.41, 5.74) is 13.0. The summed E-state index contributed by atoms with van der Waals surface area (Å²) < 4.78 is 8.95. The lowest BCUT2D eigenvalue weighted by molar-refractivity contribution is 0.640. The molecule has 0 saturated heterocycles. The van der Waals surface area contributed by atoms with E-state index in [1.54, 1.807) is 0 Å². The third kappa shape index (κ3) is 3.88. The van der Waals surface area contributed by atoms with Gasteiger partial charge in [-0.25, -0.2) is 0 Å². The maximum atomic E-state index is 6.37. The number of allylic oxidation sites excluding steroid dienone is 4. The lowest BCUT2D eigenvalue weighted by Crippen LogP contribution is -2.15. The number of fused-ring (bicyclic) bond motifs is 9. The normalized spacial score (nSPS) is 16.2. The number of hydrogen-bond donors (Lipinski definition) is 0. The second-order valence-corrected chi connectivity index (χ2v) is 13.7. The molecule has 0 N–H and O–H groups in total. The molecule has 48 heavy (non-hydrogen) atoms. The molecular formula is C45H34N2O. The van der Waals surface area contributed by atoms with Crippen LogP contribution in [0.5, 0.6) is 0 Å². The van der Waals surface area contributed by atoms with Crippen LogP contribution in [0.2, 0.25) is 0 Å². The molecule has 2 aromatic heterocycles. The third-order valence-corrected chi connectivity index (χ3v) is 10.7. The number of nitrogens with zero attached hydrogens (tertiary/aromatic N) is 2.